The number of carbonyl (C=O) groups is 3. The molecule has 1 aliphatic rings. The van der Waals surface area contributed by atoms with Gasteiger partial charge in [-0.3, -0.25) is 14.5 Å². The Bertz CT molecular complexity index is 913. The van der Waals surface area contributed by atoms with E-state index in [1.54, 1.807) is 11.0 Å². The third-order valence-electron chi connectivity index (χ3n) is 5.30. The Kier molecular flexibility index (Phi) is 8.06. The van der Waals surface area contributed by atoms with Crippen molar-refractivity contribution in [2.75, 3.05) is 33.3 Å². The van der Waals surface area contributed by atoms with Crippen LogP contribution in [0.3, 0.4) is 0 Å². The van der Waals surface area contributed by atoms with E-state index in [2.05, 4.69) is 5.32 Å². The minimum atomic E-state index is -0.616. The van der Waals surface area contributed by atoms with E-state index in [-0.39, 0.29) is 30.2 Å². The number of esters is 1. The van der Waals surface area contributed by atoms with Gasteiger partial charge in [-0.15, -0.1) is 11.3 Å². The summed E-state index contributed by atoms with van der Waals surface area (Å²) in [6.45, 7) is 3.44. The number of amides is 2. The zero-order chi connectivity index (χ0) is 22.4. The van der Waals surface area contributed by atoms with Crippen molar-refractivity contribution < 1.29 is 19.1 Å². The van der Waals surface area contributed by atoms with Gasteiger partial charge in [0.15, 0.2) is 0 Å². The van der Waals surface area contributed by atoms with Crippen LogP contribution in [-0.4, -0.2) is 60.9 Å². The highest BCUT2D eigenvalue weighted by molar-refractivity contribution is 7.10. The molecule has 0 bridgehead atoms. The van der Waals surface area contributed by atoms with Gasteiger partial charge in [0.2, 0.25) is 11.8 Å². The van der Waals surface area contributed by atoms with E-state index < -0.39 is 6.04 Å². The molecule has 1 aromatic heterocycles. The molecule has 1 fully saturated rings. The first-order chi connectivity index (χ1) is 14.9. The molecule has 1 aromatic carbocycles. The number of rotatable bonds is 7. The summed E-state index contributed by atoms with van der Waals surface area (Å²) in [6.07, 6.45) is 0.199. The van der Waals surface area contributed by atoms with Crippen molar-refractivity contribution in [2.24, 2.45) is 0 Å². The number of thiophene rings is 1. The van der Waals surface area contributed by atoms with Crippen molar-refractivity contribution in [1.82, 2.24) is 15.1 Å². The predicted molar refractivity (Wildman–Crippen MR) is 120 cm³/mol. The highest BCUT2D eigenvalue weighted by Gasteiger charge is 2.34. The second-order valence-corrected chi connectivity index (χ2v) is 8.72. The molecule has 3 rings (SSSR count). The number of halogens is 1. The van der Waals surface area contributed by atoms with Crippen LogP contribution in [0.5, 0.6) is 0 Å². The molecule has 0 radical (unpaired) electrons. The number of piperazine rings is 1. The van der Waals surface area contributed by atoms with Crippen LogP contribution in [0.15, 0.2) is 41.8 Å². The monoisotopic (exact) mass is 463 g/mol. The lowest BCUT2D eigenvalue weighted by Gasteiger charge is -2.38. The second kappa shape index (κ2) is 10.7. The Hall–Kier alpha value is -2.42. The highest BCUT2D eigenvalue weighted by Crippen LogP contribution is 2.30. The van der Waals surface area contributed by atoms with Crippen LogP contribution in [0.4, 0.5) is 0 Å². The van der Waals surface area contributed by atoms with Gasteiger partial charge in [-0.25, -0.2) is 4.79 Å². The fraction of sp³-hybridized carbons (Fsp3) is 0.409. The summed E-state index contributed by atoms with van der Waals surface area (Å²) in [5.74, 6) is -0.577. The minimum Gasteiger partial charge on any atom is -0.468 e. The van der Waals surface area contributed by atoms with E-state index in [4.69, 9.17) is 16.3 Å². The normalized spacial score (nSPS) is 16.4. The number of carbonyl (C=O) groups excluding carboxylic acids is 3. The van der Waals surface area contributed by atoms with Gasteiger partial charge < -0.3 is 15.0 Å². The molecule has 2 amide bonds. The van der Waals surface area contributed by atoms with Crippen LogP contribution in [0.1, 0.15) is 35.9 Å². The Labute approximate surface area is 190 Å². The van der Waals surface area contributed by atoms with E-state index in [0.29, 0.717) is 36.8 Å². The predicted octanol–water partition coefficient (Wildman–Crippen LogP) is 3.03. The molecule has 0 unspecified atom stereocenters. The molecular weight excluding hydrogens is 438 g/mol. The topological polar surface area (TPSA) is 79.0 Å². The molecule has 0 saturated carbocycles. The van der Waals surface area contributed by atoms with E-state index >= 15 is 0 Å². The largest absolute Gasteiger partial charge is 0.468 e. The van der Waals surface area contributed by atoms with Crippen molar-refractivity contribution in [3.8, 4) is 0 Å². The van der Waals surface area contributed by atoms with Gasteiger partial charge in [0.25, 0.3) is 0 Å². The average molecular weight is 464 g/mol. The SMILES string of the molecule is COC(=O)[C@@H](c1ccccc1Cl)N1CCN(C(=O)C[C@H](NC(C)=O)c2cccs2)CC1. The van der Waals surface area contributed by atoms with E-state index in [9.17, 15) is 14.4 Å². The van der Waals surface area contributed by atoms with Crippen molar-refractivity contribution in [3.63, 3.8) is 0 Å². The Morgan fingerprint density at radius 1 is 1.13 bits per heavy atom. The van der Waals surface area contributed by atoms with Gasteiger partial charge in [0, 0.05) is 43.0 Å². The smallest absolute Gasteiger partial charge is 0.327 e. The van der Waals surface area contributed by atoms with Gasteiger partial charge in [0.1, 0.15) is 6.04 Å². The Morgan fingerprint density at radius 2 is 1.84 bits per heavy atom. The van der Waals surface area contributed by atoms with Crippen LogP contribution in [-0.2, 0) is 19.1 Å². The number of ether oxygens (including phenoxy) is 1. The number of nitrogens with zero attached hydrogens (tertiary/aromatic N) is 2. The number of hydrogen-bond acceptors (Lipinski definition) is 6. The summed E-state index contributed by atoms with van der Waals surface area (Å²) in [5.41, 5.74) is 0.694. The van der Waals surface area contributed by atoms with Crippen molar-refractivity contribution in [3.05, 3.63) is 57.2 Å². The van der Waals surface area contributed by atoms with E-state index in [0.717, 1.165) is 4.88 Å². The molecule has 7 nitrogen and oxygen atoms in total. The minimum absolute atomic E-state index is 0.0286. The van der Waals surface area contributed by atoms with Gasteiger partial charge in [0.05, 0.1) is 19.6 Å². The summed E-state index contributed by atoms with van der Waals surface area (Å²) in [5, 5.41) is 5.30. The molecule has 0 spiro atoms. The highest BCUT2D eigenvalue weighted by atomic mass is 35.5. The fourth-order valence-electron chi connectivity index (χ4n) is 3.77. The lowest BCUT2D eigenvalue weighted by atomic mass is 10.0. The first kappa shape index (κ1) is 23.2. The Balaban J connectivity index is 1.66. The van der Waals surface area contributed by atoms with Crippen molar-refractivity contribution >= 4 is 40.7 Å². The summed E-state index contributed by atoms with van der Waals surface area (Å²) in [7, 11) is 1.36. The molecule has 2 atom stereocenters. The molecule has 2 aromatic rings. The third-order valence-corrected chi connectivity index (χ3v) is 6.63. The first-order valence-electron chi connectivity index (χ1n) is 10.0. The molecule has 166 valence electrons. The maximum atomic E-state index is 12.9. The number of hydrogen-bond donors (Lipinski definition) is 1. The lowest BCUT2D eigenvalue weighted by molar-refractivity contribution is -0.148. The summed E-state index contributed by atoms with van der Waals surface area (Å²) >= 11 is 7.85. The lowest BCUT2D eigenvalue weighted by Crippen LogP contribution is -2.51. The molecule has 1 N–H and O–H groups in total. The number of nitrogens with one attached hydrogen (secondary N) is 1. The quantitative estimate of drug-likeness (QED) is 0.638. The van der Waals surface area contributed by atoms with Crippen LogP contribution in [0.2, 0.25) is 5.02 Å². The molecule has 2 heterocycles. The van der Waals surface area contributed by atoms with Gasteiger partial charge in [-0.05, 0) is 23.1 Å². The van der Waals surface area contributed by atoms with Gasteiger partial charge in [-0.1, -0.05) is 35.9 Å². The van der Waals surface area contributed by atoms with Crippen LogP contribution in [0, 0.1) is 0 Å². The zero-order valence-corrected chi connectivity index (χ0v) is 19.1. The molecule has 1 aliphatic heterocycles. The zero-order valence-electron chi connectivity index (χ0n) is 17.5. The summed E-state index contributed by atoms with van der Waals surface area (Å²) < 4.78 is 5.02. The molecular formula is C22H26ClN3O4S. The summed E-state index contributed by atoms with van der Waals surface area (Å²) in [6, 6.07) is 10.1. The maximum absolute atomic E-state index is 12.9. The maximum Gasteiger partial charge on any atom is 0.327 e. The molecule has 31 heavy (non-hydrogen) atoms. The van der Waals surface area contributed by atoms with E-state index in [1.807, 2.05) is 40.6 Å². The fourth-order valence-corrected chi connectivity index (χ4v) is 4.79. The van der Waals surface area contributed by atoms with Crippen molar-refractivity contribution in [1.29, 1.82) is 0 Å². The van der Waals surface area contributed by atoms with Crippen LogP contribution in [0.25, 0.3) is 0 Å². The number of benzene rings is 1. The van der Waals surface area contributed by atoms with E-state index in [1.165, 1.54) is 25.4 Å². The van der Waals surface area contributed by atoms with Crippen LogP contribution >= 0.6 is 22.9 Å². The standard InChI is InChI=1S/C22H26ClN3O4S/c1-15(27)24-18(19-8-5-13-31-19)14-20(28)25-9-11-26(12-10-25)21(22(29)30-2)16-6-3-4-7-17(16)23/h3-8,13,18,21H,9-12,14H2,1-2H3,(H,24,27)/t18-,21+/m0/s1. The van der Waals surface area contributed by atoms with Crippen molar-refractivity contribution in [2.45, 2.75) is 25.4 Å². The molecule has 0 aliphatic carbocycles. The first-order valence-corrected chi connectivity index (χ1v) is 11.3. The van der Waals surface area contributed by atoms with Gasteiger partial charge in [-0.2, -0.15) is 0 Å². The Morgan fingerprint density at radius 3 is 2.42 bits per heavy atom. The molecule has 9 heteroatoms. The average Bonchev–Trinajstić information content (AvgIpc) is 3.29. The molecule has 1 saturated heterocycles. The number of methoxy groups -OCH3 is 1. The summed E-state index contributed by atoms with van der Waals surface area (Å²) in [4.78, 5) is 41.7. The van der Waals surface area contributed by atoms with Gasteiger partial charge >= 0.3 is 5.97 Å². The van der Waals surface area contributed by atoms with Crippen LogP contribution < -0.4 is 5.32 Å². The second-order valence-electron chi connectivity index (χ2n) is 7.34. The third kappa shape index (κ3) is 5.84.